The monoisotopic (exact) mass is 399 g/mol. The maximum absolute atomic E-state index is 12.9. The van der Waals surface area contributed by atoms with Gasteiger partial charge in [-0.2, -0.15) is 0 Å². The van der Waals surface area contributed by atoms with E-state index in [1.54, 1.807) is 0 Å². The van der Waals surface area contributed by atoms with E-state index in [0.29, 0.717) is 25.2 Å². The number of fused-ring (bicyclic) bond motifs is 1. The molecule has 1 aliphatic rings. The molecule has 4 rings (SSSR count). The Labute approximate surface area is 176 Å². The minimum absolute atomic E-state index is 0.00954. The highest BCUT2D eigenvalue weighted by atomic mass is 16.2. The molecule has 0 bridgehead atoms. The number of anilines is 1. The average Bonchev–Trinajstić information content (AvgIpc) is 3.20. The molecule has 5 nitrogen and oxygen atoms in total. The number of rotatable bonds is 5. The van der Waals surface area contributed by atoms with Crippen LogP contribution in [0.1, 0.15) is 32.6 Å². The van der Waals surface area contributed by atoms with Crippen LogP contribution in [0.5, 0.6) is 0 Å². The molecular weight excluding hydrogens is 374 g/mol. The van der Waals surface area contributed by atoms with Crippen molar-refractivity contribution in [3.8, 4) is 0 Å². The van der Waals surface area contributed by atoms with Crippen LogP contribution >= 0.6 is 0 Å². The van der Waals surface area contributed by atoms with Crippen molar-refractivity contribution in [1.82, 2.24) is 10.6 Å². The number of hydrogen-bond acceptors (Lipinski definition) is 2. The van der Waals surface area contributed by atoms with Crippen molar-refractivity contribution in [1.29, 1.82) is 0 Å². The summed E-state index contributed by atoms with van der Waals surface area (Å²) in [5.41, 5.74) is 5.99. The second-order valence-electron chi connectivity index (χ2n) is 7.56. The fourth-order valence-corrected chi connectivity index (χ4v) is 3.62. The Morgan fingerprint density at radius 3 is 2.27 bits per heavy atom. The fraction of sp³-hybridized carbons (Fsp3) is 0.200. The van der Waals surface area contributed by atoms with Crippen LogP contribution in [0.2, 0.25) is 0 Å². The van der Waals surface area contributed by atoms with Crippen molar-refractivity contribution in [3.63, 3.8) is 0 Å². The highest BCUT2D eigenvalue weighted by molar-refractivity contribution is 6.07. The number of aryl methyl sites for hydroxylation is 1. The largest absolute Gasteiger partial charge is 0.334 e. The topological polar surface area (TPSA) is 61.4 Å². The Morgan fingerprint density at radius 1 is 0.867 bits per heavy atom. The molecule has 0 spiro atoms. The van der Waals surface area contributed by atoms with Crippen LogP contribution in [0, 0.1) is 6.92 Å². The lowest BCUT2D eigenvalue weighted by atomic mass is 10.1. The van der Waals surface area contributed by atoms with Crippen molar-refractivity contribution in [2.24, 2.45) is 0 Å². The summed E-state index contributed by atoms with van der Waals surface area (Å²) in [6, 6.07) is 23.3. The summed E-state index contributed by atoms with van der Waals surface area (Å²) in [5, 5.41) is 5.77. The molecule has 0 aliphatic carbocycles. The van der Waals surface area contributed by atoms with E-state index in [1.807, 2.05) is 78.6 Å². The van der Waals surface area contributed by atoms with E-state index >= 15 is 0 Å². The lowest BCUT2D eigenvalue weighted by Gasteiger charge is -2.18. The van der Waals surface area contributed by atoms with Crippen molar-refractivity contribution < 1.29 is 9.59 Å². The predicted octanol–water partition coefficient (Wildman–Crippen LogP) is 4.20. The number of nitrogens with one attached hydrogen (secondary N) is 2. The highest BCUT2D eigenvalue weighted by Gasteiger charge is 2.25. The third-order valence-electron chi connectivity index (χ3n) is 5.34. The van der Waals surface area contributed by atoms with Gasteiger partial charge in [0, 0.05) is 30.9 Å². The number of nitrogens with zero attached hydrogens (tertiary/aromatic N) is 1. The summed E-state index contributed by atoms with van der Waals surface area (Å²) >= 11 is 0. The Balaban J connectivity index is 1.36. The molecule has 3 aromatic rings. The number of carbonyl (C=O) groups excluding carboxylic acids is 2. The summed E-state index contributed by atoms with van der Waals surface area (Å²) in [6.07, 6.45) is 0.846. The van der Waals surface area contributed by atoms with Crippen molar-refractivity contribution >= 4 is 17.6 Å². The molecule has 0 aromatic heterocycles. The summed E-state index contributed by atoms with van der Waals surface area (Å²) in [4.78, 5) is 26.9. The van der Waals surface area contributed by atoms with Crippen LogP contribution in [0.4, 0.5) is 10.5 Å². The molecule has 5 heteroatoms. The van der Waals surface area contributed by atoms with Gasteiger partial charge in [-0.3, -0.25) is 4.79 Å². The molecule has 0 saturated heterocycles. The molecule has 0 fully saturated rings. The van der Waals surface area contributed by atoms with Crippen LogP contribution in [-0.2, 0) is 19.5 Å². The third-order valence-corrected chi connectivity index (χ3v) is 5.34. The maximum atomic E-state index is 12.9. The van der Waals surface area contributed by atoms with E-state index in [0.717, 1.165) is 28.8 Å². The summed E-state index contributed by atoms with van der Waals surface area (Å²) < 4.78 is 0. The summed E-state index contributed by atoms with van der Waals surface area (Å²) in [7, 11) is 0. The van der Waals surface area contributed by atoms with Crippen molar-refractivity contribution in [2.45, 2.75) is 26.4 Å². The van der Waals surface area contributed by atoms with Gasteiger partial charge in [0.2, 0.25) is 0 Å². The first kappa shape index (κ1) is 19.7. The summed E-state index contributed by atoms with van der Waals surface area (Å²) in [6.45, 7) is 3.60. The lowest BCUT2D eigenvalue weighted by Crippen LogP contribution is -2.34. The first-order chi connectivity index (χ1) is 14.6. The van der Waals surface area contributed by atoms with Gasteiger partial charge in [0.1, 0.15) is 0 Å². The zero-order valence-electron chi connectivity index (χ0n) is 17.0. The van der Waals surface area contributed by atoms with Gasteiger partial charge in [0.05, 0.1) is 0 Å². The molecule has 3 amide bonds. The second kappa shape index (κ2) is 8.82. The van der Waals surface area contributed by atoms with E-state index in [4.69, 9.17) is 0 Å². The number of benzene rings is 3. The highest BCUT2D eigenvalue weighted by Crippen LogP contribution is 2.30. The Bertz CT molecular complexity index is 1050. The van der Waals surface area contributed by atoms with Crippen LogP contribution < -0.4 is 15.5 Å². The van der Waals surface area contributed by atoms with Crippen molar-refractivity contribution in [3.05, 3.63) is 101 Å². The van der Waals surface area contributed by atoms with Gasteiger partial charge in [-0.05, 0) is 48.2 Å². The van der Waals surface area contributed by atoms with Gasteiger partial charge < -0.3 is 15.5 Å². The second-order valence-corrected chi connectivity index (χ2v) is 7.56. The lowest BCUT2D eigenvalue weighted by molar-refractivity contribution is 0.0989. The van der Waals surface area contributed by atoms with Crippen LogP contribution in [-0.4, -0.2) is 18.5 Å². The van der Waals surface area contributed by atoms with E-state index in [9.17, 15) is 9.59 Å². The smallest absolute Gasteiger partial charge is 0.315 e. The third kappa shape index (κ3) is 4.51. The molecular formula is C25H25N3O2. The Morgan fingerprint density at radius 2 is 1.53 bits per heavy atom. The van der Waals surface area contributed by atoms with Gasteiger partial charge in [0.15, 0.2) is 0 Å². The number of urea groups is 1. The maximum Gasteiger partial charge on any atom is 0.315 e. The van der Waals surface area contributed by atoms with Gasteiger partial charge >= 0.3 is 6.03 Å². The standard InChI is InChI=1S/C25H25N3O2/c1-18-7-9-19(10-8-18)16-26-25(30)27-17-20-11-12-21-13-14-28(23(21)15-20)24(29)22-5-3-2-4-6-22/h2-12,15H,13-14,16-17H2,1H3,(H2,26,27,30). The zero-order chi connectivity index (χ0) is 20.9. The van der Waals surface area contributed by atoms with Gasteiger partial charge in [-0.15, -0.1) is 0 Å². The number of hydrogen-bond donors (Lipinski definition) is 2. The molecule has 0 saturated carbocycles. The van der Waals surface area contributed by atoms with Crippen LogP contribution in [0.25, 0.3) is 0 Å². The first-order valence-electron chi connectivity index (χ1n) is 10.2. The molecule has 0 atom stereocenters. The molecule has 2 N–H and O–H groups in total. The SMILES string of the molecule is Cc1ccc(CNC(=O)NCc2ccc3c(c2)N(C(=O)c2ccccc2)CC3)cc1. The summed E-state index contributed by atoms with van der Waals surface area (Å²) in [5.74, 6) is 0.00954. The normalized spacial score (nSPS) is 12.4. The van der Waals surface area contributed by atoms with E-state index < -0.39 is 0 Å². The molecule has 0 radical (unpaired) electrons. The van der Waals surface area contributed by atoms with Crippen LogP contribution in [0.3, 0.4) is 0 Å². The van der Waals surface area contributed by atoms with Gasteiger partial charge in [0.25, 0.3) is 5.91 Å². The zero-order valence-corrected chi connectivity index (χ0v) is 17.0. The predicted molar refractivity (Wildman–Crippen MR) is 119 cm³/mol. The molecule has 1 heterocycles. The average molecular weight is 399 g/mol. The minimum Gasteiger partial charge on any atom is -0.334 e. The van der Waals surface area contributed by atoms with Gasteiger partial charge in [-0.25, -0.2) is 4.79 Å². The first-order valence-corrected chi connectivity index (χ1v) is 10.2. The van der Waals surface area contributed by atoms with E-state index in [2.05, 4.69) is 16.7 Å². The molecule has 3 aromatic carbocycles. The molecule has 1 aliphatic heterocycles. The Hall–Kier alpha value is -3.60. The molecule has 30 heavy (non-hydrogen) atoms. The van der Waals surface area contributed by atoms with E-state index in [1.165, 1.54) is 5.56 Å². The van der Waals surface area contributed by atoms with Crippen molar-refractivity contribution in [2.75, 3.05) is 11.4 Å². The Kier molecular flexibility index (Phi) is 5.80. The number of amides is 3. The molecule has 152 valence electrons. The quantitative estimate of drug-likeness (QED) is 0.676. The van der Waals surface area contributed by atoms with Gasteiger partial charge in [-0.1, -0.05) is 60.2 Å². The molecule has 0 unspecified atom stereocenters. The fourth-order valence-electron chi connectivity index (χ4n) is 3.62. The number of carbonyl (C=O) groups is 2. The minimum atomic E-state index is -0.215. The van der Waals surface area contributed by atoms with Crippen LogP contribution in [0.15, 0.2) is 72.8 Å². The van der Waals surface area contributed by atoms with E-state index in [-0.39, 0.29) is 11.9 Å².